The number of hydrogen-bond acceptors (Lipinski definition) is 3. The van der Waals surface area contributed by atoms with Gasteiger partial charge >= 0.3 is 0 Å². The molecule has 0 amide bonds. The van der Waals surface area contributed by atoms with Crippen molar-refractivity contribution in [1.29, 1.82) is 0 Å². The van der Waals surface area contributed by atoms with Crippen LogP contribution in [0.3, 0.4) is 0 Å². The Labute approximate surface area is 79.3 Å². The first-order valence-electron chi connectivity index (χ1n) is 3.99. The van der Waals surface area contributed by atoms with Crippen molar-refractivity contribution in [3.63, 3.8) is 0 Å². The molecule has 5 heteroatoms. The van der Waals surface area contributed by atoms with Gasteiger partial charge in [0.25, 0.3) is 0 Å². The molecule has 0 atom stereocenters. The van der Waals surface area contributed by atoms with Crippen molar-refractivity contribution in [2.24, 2.45) is 0 Å². The number of pyridine rings is 1. The highest BCUT2D eigenvalue weighted by Crippen LogP contribution is 2.10. The molecule has 0 spiro atoms. The molecule has 0 aromatic carbocycles. The summed E-state index contributed by atoms with van der Waals surface area (Å²) >= 11 is 0. The normalized spacial score (nSPS) is 12.2. The molecule has 0 saturated heterocycles. The fraction of sp³-hybridized carbons (Fsp3) is 0.375. The Morgan fingerprint density at radius 1 is 1.31 bits per heavy atom. The molecule has 0 saturated carbocycles. The van der Waals surface area contributed by atoms with E-state index < -0.39 is 10.1 Å². The molecule has 13 heavy (non-hydrogen) atoms. The number of rotatable bonds is 3. The number of aromatic nitrogens is 1. The van der Waals surface area contributed by atoms with E-state index in [-0.39, 0.29) is 0 Å². The van der Waals surface area contributed by atoms with E-state index in [4.69, 9.17) is 0 Å². The predicted octanol–water partition coefficient (Wildman–Crippen LogP) is 0.726. The summed E-state index contributed by atoms with van der Waals surface area (Å²) in [5.41, 5.74) is 0. The van der Waals surface area contributed by atoms with E-state index in [0.29, 0.717) is 5.82 Å². The maximum atomic E-state index is 11.4. The topological polar surface area (TPSA) is 54.0 Å². The summed E-state index contributed by atoms with van der Waals surface area (Å²) in [6, 6.07) is 5.50. The van der Waals surface area contributed by atoms with Gasteiger partial charge in [0.2, 0.25) is 0 Å². The Hall–Kier alpha value is -1.10. The molecular formula is C8H15N3OS. The maximum Gasteiger partial charge on any atom is 0.138 e. The largest absolute Gasteiger partial charge is 0.373 e. The van der Waals surface area contributed by atoms with Crippen LogP contribution in [-0.4, -0.2) is 28.8 Å². The molecule has 2 N–H and O–H groups in total. The molecule has 0 bridgehead atoms. The van der Waals surface area contributed by atoms with Gasteiger partial charge in [0.1, 0.15) is 11.6 Å². The van der Waals surface area contributed by atoms with Crippen LogP contribution in [0.2, 0.25) is 0 Å². The van der Waals surface area contributed by atoms with Gasteiger partial charge in [0.15, 0.2) is 0 Å². The molecule has 4 nitrogen and oxygen atoms in total. The Morgan fingerprint density at radius 2 is 1.92 bits per heavy atom. The second-order valence-electron chi connectivity index (χ2n) is 3.12. The number of thiol groups is 1. The fourth-order valence-electron chi connectivity index (χ4n) is 0.912. The minimum atomic E-state index is -2.26. The lowest BCUT2D eigenvalue weighted by molar-refractivity contribution is 0.682. The van der Waals surface area contributed by atoms with Gasteiger partial charge in [-0.15, -0.1) is 0 Å². The zero-order valence-corrected chi connectivity index (χ0v) is 8.93. The third-order valence-electron chi connectivity index (χ3n) is 1.39. The minimum Gasteiger partial charge on any atom is -0.373 e. The Morgan fingerprint density at radius 3 is 2.46 bits per heavy atom. The molecule has 0 unspecified atom stereocenters. The number of nitrogens with zero attached hydrogens (tertiary/aromatic N) is 1. The molecular weight excluding hydrogens is 186 g/mol. The molecule has 1 aromatic heterocycles. The van der Waals surface area contributed by atoms with E-state index in [0.717, 1.165) is 5.82 Å². The first-order valence-corrected chi connectivity index (χ1v) is 6.59. The SMILES string of the molecule is CNc1cccc(N[SH](C)(C)=O)n1. The van der Waals surface area contributed by atoms with Crippen LogP contribution in [0.4, 0.5) is 11.6 Å². The smallest absolute Gasteiger partial charge is 0.138 e. The lowest BCUT2D eigenvalue weighted by atomic mass is 10.4. The molecule has 1 rings (SSSR count). The summed E-state index contributed by atoms with van der Waals surface area (Å²) in [4.78, 5) is 4.18. The average molecular weight is 201 g/mol. The molecule has 0 aliphatic carbocycles. The van der Waals surface area contributed by atoms with E-state index in [2.05, 4.69) is 15.0 Å². The monoisotopic (exact) mass is 201 g/mol. The first kappa shape index (κ1) is 9.98. The summed E-state index contributed by atoms with van der Waals surface area (Å²) in [6.07, 6.45) is 3.33. The highest BCUT2D eigenvalue weighted by Gasteiger charge is 2.01. The van der Waals surface area contributed by atoms with Crippen LogP contribution in [0.5, 0.6) is 0 Å². The molecule has 1 heterocycles. The summed E-state index contributed by atoms with van der Waals surface area (Å²) in [5, 5.41) is 2.91. The van der Waals surface area contributed by atoms with Gasteiger partial charge in [-0.1, -0.05) is 6.07 Å². The Bertz CT molecular complexity index is 334. The molecule has 0 radical (unpaired) electrons. The highest BCUT2D eigenvalue weighted by atomic mass is 32.3. The van der Waals surface area contributed by atoms with Gasteiger partial charge in [-0.3, -0.25) is 4.21 Å². The van der Waals surface area contributed by atoms with E-state index in [1.807, 2.05) is 12.1 Å². The van der Waals surface area contributed by atoms with Crippen molar-refractivity contribution in [1.82, 2.24) is 4.98 Å². The fourth-order valence-corrected chi connectivity index (χ4v) is 1.59. The maximum absolute atomic E-state index is 11.4. The second-order valence-corrected chi connectivity index (χ2v) is 6.05. The van der Waals surface area contributed by atoms with E-state index in [1.165, 1.54) is 0 Å². The third kappa shape index (κ3) is 3.42. The highest BCUT2D eigenvalue weighted by molar-refractivity contribution is 8.02. The summed E-state index contributed by atoms with van der Waals surface area (Å²) in [7, 11) is -0.463. The van der Waals surface area contributed by atoms with Gasteiger partial charge in [0.05, 0.1) is 0 Å². The predicted molar refractivity (Wildman–Crippen MR) is 58.8 cm³/mol. The van der Waals surface area contributed by atoms with Crippen molar-refractivity contribution in [2.75, 3.05) is 29.6 Å². The molecule has 74 valence electrons. The van der Waals surface area contributed by atoms with E-state index >= 15 is 0 Å². The van der Waals surface area contributed by atoms with Gasteiger partial charge in [-0.25, -0.2) is 4.98 Å². The molecule has 0 fully saturated rings. The summed E-state index contributed by atoms with van der Waals surface area (Å²) < 4.78 is 14.3. The molecule has 1 aromatic rings. The van der Waals surface area contributed by atoms with Crippen LogP contribution >= 0.6 is 0 Å². The lowest BCUT2D eigenvalue weighted by Gasteiger charge is -2.15. The quantitative estimate of drug-likeness (QED) is 0.632. The standard InChI is InChI=1S/C8H15N3OS/c1-9-7-5-4-6-8(10-7)11-13(2,3)12/h4-6,13H,1-3H3,(H2,9,10,11,12). The van der Waals surface area contributed by atoms with Crippen molar-refractivity contribution in [2.45, 2.75) is 0 Å². The van der Waals surface area contributed by atoms with Crippen LogP contribution in [0, 0.1) is 0 Å². The number of hydrogen-bond donors (Lipinski definition) is 3. The van der Waals surface area contributed by atoms with Crippen LogP contribution in [0.15, 0.2) is 18.2 Å². The minimum absolute atomic E-state index is 0.639. The third-order valence-corrected chi connectivity index (χ3v) is 2.16. The number of anilines is 2. The van der Waals surface area contributed by atoms with Crippen molar-refractivity contribution in [3.05, 3.63) is 18.2 Å². The van der Waals surface area contributed by atoms with Crippen LogP contribution in [0.25, 0.3) is 0 Å². The second kappa shape index (κ2) is 3.74. The number of nitrogens with one attached hydrogen (secondary N) is 2. The van der Waals surface area contributed by atoms with Crippen LogP contribution in [-0.2, 0) is 10.1 Å². The van der Waals surface area contributed by atoms with Gasteiger partial charge in [-0.2, -0.15) is 0 Å². The first-order chi connectivity index (χ1) is 6.01. The summed E-state index contributed by atoms with van der Waals surface area (Å²) in [5.74, 6) is 1.40. The van der Waals surface area contributed by atoms with Crippen molar-refractivity contribution < 1.29 is 4.21 Å². The van der Waals surface area contributed by atoms with E-state index in [9.17, 15) is 4.21 Å². The molecule has 0 aliphatic heterocycles. The van der Waals surface area contributed by atoms with Crippen LogP contribution in [0.1, 0.15) is 0 Å². The molecule has 0 aliphatic rings. The van der Waals surface area contributed by atoms with Gasteiger partial charge in [-0.05, 0) is 22.3 Å². The zero-order chi connectivity index (χ0) is 9.90. The van der Waals surface area contributed by atoms with Crippen molar-refractivity contribution in [3.8, 4) is 0 Å². The Balaban J connectivity index is 2.84. The lowest BCUT2D eigenvalue weighted by Crippen LogP contribution is -2.18. The Kier molecular flexibility index (Phi) is 2.87. The van der Waals surface area contributed by atoms with Gasteiger partial charge < -0.3 is 10.0 Å². The van der Waals surface area contributed by atoms with E-state index in [1.54, 1.807) is 25.6 Å². The zero-order valence-electron chi connectivity index (χ0n) is 8.03. The average Bonchev–Trinajstić information content (AvgIpc) is 2.01. The van der Waals surface area contributed by atoms with Crippen LogP contribution < -0.4 is 10.0 Å². The summed E-state index contributed by atoms with van der Waals surface area (Å²) in [6.45, 7) is 0. The van der Waals surface area contributed by atoms with Crippen molar-refractivity contribution >= 4 is 21.8 Å². The van der Waals surface area contributed by atoms with Gasteiger partial charge in [0, 0.05) is 19.6 Å².